The topological polar surface area (TPSA) is 12.9 Å². The highest BCUT2D eigenvalue weighted by molar-refractivity contribution is 5.77. The first-order valence-corrected chi connectivity index (χ1v) is 12.2. The van der Waals surface area contributed by atoms with E-state index in [9.17, 15) is 0 Å². The second-order valence-corrected chi connectivity index (χ2v) is 11.7. The number of aromatic nitrogens is 1. The molecule has 0 saturated heterocycles. The Kier molecular flexibility index (Phi) is 6.25. The standard InChI is InChI=1S/C33H37N/c1-22-17-23(2)19-26(18-22)27-20-30(24-9-13-28(14-10-24)32(3,4)5)34-31(21-27)25-11-15-29(16-12-25)33(6,7)8/h9-21H,1-8H3. The molecule has 0 N–H and O–H groups in total. The van der Waals surface area contributed by atoms with Crippen molar-refractivity contribution < 1.29 is 0 Å². The maximum atomic E-state index is 5.13. The monoisotopic (exact) mass is 447 g/mol. The highest BCUT2D eigenvalue weighted by atomic mass is 14.7. The van der Waals surface area contributed by atoms with Gasteiger partial charge in [0.05, 0.1) is 11.4 Å². The smallest absolute Gasteiger partial charge is 0.0715 e. The zero-order chi connectivity index (χ0) is 24.7. The molecular weight excluding hydrogens is 410 g/mol. The summed E-state index contributed by atoms with van der Waals surface area (Å²) >= 11 is 0. The van der Waals surface area contributed by atoms with Gasteiger partial charge in [-0.3, -0.25) is 0 Å². The number of benzene rings is 3. The Hall–Kier alpha value is -3.19. The van der Waals surface area contributed by atoms with E-state index in [1.54, 1.807) is 0 Å². The summed E-state index contributed by atoms with van der Waals surface area (Å²) in [6.45, 7) is 17.8. The highest BCUT2D eigenvalue weighted by Crippen LogP contribution is 2.33. The van der Waals surface area contributed by atoms with Crippen molar-refractivity contribution in [2.75, 3.05) is 0 Å². The van der Waals surface area contributed by atoms with Gasteiger partial charge >= 0.3 is 0 Å². The molecule has 0 spiro atoms. The Morgan fingerprint density at radius 2 is 0.794 bits per heavy atom. The molecule has 0 unspecified atom stereocenters. The van der Waals surface area contributed by atoms with E-state index in [0.717, 1.165) is 22.5 Å². The van der Waals surface area contributed by atoms with Gasteiger partial charge in [-0.15, -0.1) is 0 Å². The van der Waals surface area contributed by atoms with E-state index in [1.807, 2.05) is 0 Å². The van der Waals surface area contributed by atoms with E-state index < -0.39 is 0 Å². The zero-order valence-corrected chi connectivity index (χ0v) is 22.0. The normalized spacial score (nSPS) is 12.1. The summed E-state index contributed by atoms with van der Waals surface area (Å²) in [6, 6.07) is 29.0. The number of aryl methyl sites for hydroxylation is 2. The van der Waals surface area contributed by atoms with Gasteiger partial charge in [0.25, 0.3) is 0 Å². The van der Waals surface area contributed by atoms with Crippen LogP contribution in [0.4, 0.5) is 0 Å². The molecule has 34 heavy (non-hydrogen) atoms. The van der Waals surface area contributed by atoms with E-state index in [1.165, 1.54) is 33.4 Å². The van der Waals surface area contributed by atoms with Crippen molar-refractivity contribution >= 4 is 0 Å². The van der Waals surface area contributed by atoms with Crippen molar-refractivity contribution in [2.45, 2.75) is 66.2 Å². The van der Waals surface area contributed by atoms with Gasteiger partial charge in [0.2, 0.25) is 0 Å². The first-order valence-electron chi connectivity index (χ1n) is 12.2. The molecule has 0 atom stereocenters. The van der Waals surface area contributed by atoms with Crippen LogP contribution in [0.15, 0.2) is 78.9 Å². The number of hydrogen-bond acceptors (Lipinski definition) is 1. The van der Waals surface area contributed by atoms with Crippen molar-refractivity contribution in [2.24, 2.45) is 0 Å². The van der Waals surface area contributed by atoms with Gasteiger partial charge < -0.3 is 0 Å². The van der Waals surface area contributed by atoms with Crippen LogP contribution in [0.2, 0.25) is 0 Å². The van der Waals surface area contributed by atoms with E-state index in [0.29, 0.717) is 0 Å². The summed E-state index contributed by atoms with van der Waals surface area (Å²) in [6.07, 6.45) is 0. The van der Waals surface area contributed by atoms with Gasteiger partial charge in [-0.05, 0) is 59.1 Å². The van der Waals surface area contributed by atoms with Crippen LogP contribution in [0.5, 0.6) is 0 Å². The van der Waals surface area contributed by atoms with Crippen LogP contribution in [0.25, 0.3) is 33.6 Å². The number of pyridine rings is 1. The van der Waals surface area contributed by atoms with E-state index in [4.69, 9.17) is 4.98 Å². The largest absolute Gasteiger partial charge is 0.248 e. The summed E-state index contributed by atoms with van der Waals surface area (Å²) in [5.41, 5.74) is 12.2. The summed E-state index contributed by atoms with van der Waals surface area (Å²) in [5.74, 6) is 0. The van der Waals surface area contributed by atoms with Crippen molar-refractivity contribution in [1.29, 1.82) is 0 Å². The molecule has 1 heteroatoms. The average Bonchev–Trinajstić information content (AvgIpc) is 2.77. The predicted molar refractivity (Wildman–Crippen MR) is 147 cm³/mol. The van der Waals surface area contributed by atoms with Gasteiger partial charge in [0.15, 0.2) is 0 Å². The molecule has 1 aromatic heterocycles. The molecule has 0 radical (unpaired) electrons. The molecule has 0 fully saturated rings. The first kappa shape index (κ1) is 24.0. The minimum absolute atomic E-state index is 0.132. The Morgan fingerprint density at radius 1 is 0.441 bits per heavy atom. The van der Waals surface area contributed by atoms with Gasteiger partial charge in [-0.1, -0.05) is 119 Å². The van der Waals surface area contributed by atoms with Crippen LogP contribution in [0, 0.1) is 13.8 Å². The maximum Gasteiger partial charge on any atom is 0.0715 e. The molecule has 1 nitrogen and oxygen atoms in total. The Morgan fingerprint density at radius 3 is 1.15 bits per heavy atom. The molecule has 4 aromatic rings. The van der Waals surface area contributed by atoms with Gasteiger partial charge in [-0.2, -0.15) is 0 Å². The molecule has 0 aliphatic carbocycles. The molecule has 4 rings (SSSR count). The van der Waals surface area contributed by atoms with Gasteiger partial charge in [-0.25, -0.2) is 4.98 Å². The summed E-state index contributed by atoms with van der Waals surface area (Å²) < 4.78 is 0. The summed E-state index contributed by atoms with van der Waals surface area (Å²) in [7, 11) is 0. The fourth-order valence-corrected chi connectivity index (χ4v) is 4.42. The second kappa shape index (κ2) is 8.87. The van der Waals surface area contributed by atoms with Crippen LogP contribution < -0.4 is 0 Å². The van der Waals surface area contributed by atoms with Crippen LogP contribution in [-0.4, -0.2) is 4.98 Å². The Labute approximate surface area is 205 Å². The fraction of sp³-hybridized carbons (Fsp3) is 0.303. The third-order valence-electron chi connectivity index (χ3n) is 6.47. The van der Waals surface area contributed by atoms with Crippen molar-refractivity contribution in [3.63, 3.8) is 0 Å². The fourth-order valence-electron chi connectivity index (χ4n) is 4.42. The van der Waals surface area contributed by atoms with Crippen LogP contribution in [-0.2, 0) is 10.8 Å². The Balaban J connectivity index is 1.86. The van der Waals surface area contributed by atoms with Crippen LogP contribution in [0.3, 0.4) is 0 Å². The molecule has 0 aliphatic heterocycles. The quantitative estimate of drug-likeness (QED) is 0.305. The lowest BCUT2D eigenvalue weighted by atomic mass is 9.86. The SMILES string of the molecule is Cc1cc(C)cc(-c2cc(-c3ccc(C(C)(C)C)cc3)nc(-c3ccc(C(C)(C)C)cc3)c2)c1. The highest BCUT2D eigenvalue weighted by Gasteiger charge is 2.16. The molecule has 0 aliphatic rings. The van der Waals surface area contributed by atoms with E-state index >= 15 is 0 Å². The van der Waals surface area contributed by atoms with Gasteiger partial charge in [0.1, 0.15) is 0 Å². The molecule has 0 amide bonds. The van der Waals surface area contributed by atoms with E-state index in [2.05, 4.69) is 134 Å². The first-order chi connectivity index (χ1) is 15.9. The number of rotatable bonds is 3. The predicted octanol–water partition coefficient (Wildman–Crippen LogP) is 9.29. The third kappa shape index (κ3) is 5.30. The lowest BCUT2D eigenvalue weighted by Crippen LogP contribution is -2.10. The third-order valence-corrected chi connectivity index (χ3v) is 6.47. The van der Waals surface area contributed by atoms with Crippen molar-refractivity contribution in [1.82, 2.24) is 4.98 Å². The molecule has 174 valence electrons. The molecular formula is C33H37N. The molecule has 3 aromatic carbocycles. The average molecular weight is 448 g/mol. The van der Waals surface area contributed by atoms with Gasteiger partial charge in [0, 0.05) is 11.1 Å². The minimum atomic E-state index is 0.132. The zero-order valence-electron chi connectivity index (χ0n) is 22.0. The second-order valence-electron chi connectivity index (χ2n) is 11.7. The summed E-state index contributed by atoms with van der Waals surface area (Å²) in [4.78, 5) is 5.13. The maximum absolute atomic E-state index is 5.13. The minimum Gasteiger partial charge on any atom is -0.248 e. The van der Waals surface area contributed by atoms with Crippen LogP contribution in [0.1, 0.15) is 63.8 Å². The van der Waals surface area contributed by atoms with Crippen molar-refractivity contribution in [3.8, 4) is 33.6 Å². The molecule has 1 heterocycles. The lowest BCUT2D eigenvalue weighted by molar-refractivity contribution is 0.590. The van der Waals surface area contributed by atoms with Crippen molar-refractivity contribution in [3.05, 3.63) is 101 Å². The lowest BCUT2D eigenvalue weighted by Gasteiger charge is -2.20. The van der Waals surface area contributed by atoms with Crippen LogP contribution >= 0.6 is 0 Å². The number of hydrogen-bond donors (Lipinski definition) is 0. The summed E-state index contributed by atoms with van der Waals surface area (Å²) in [5, 5.41) is 0. The van der Waals surface area contributed by atoms with E-state index in [-0.39, 0.29) is 10.8 Å². The number of nitrogens with zero attached hydrogens (tertiary/aromatic N) is 1. The molecule has 0 saturated carbocycles. The Bertz CT molecular complexity index is 1200. The molecule has 0 bridgehead atoms.